The van der Waals surface area contributed by atoms with Crippen LogP contribution in [0.15, 0.2) is 36.7 Å². The van der Waals surface area contributed by atoms with Crippen LogP contribution in [0.2, 0.25) is 0 Å². The molecule has 4 heteroatoms. The first kappa shape index (κ1) is 12.8. The average molecular weight is 244 g/mol. The number of benzene rings is 1. The summed E-state index contributed by atoms with van der Waals surface area (Å²) in [7, 11) is 2.11. The summed E-state index contributed by atoms with van der Waals surface area (Å²) in [6, 6.07) is 10.7. The van der Waals surface area contributed by atoms with Crippen molar-refractivity contribution in [3.8, 4) is 0 Å². The molecule has 18 heavy (non-hydrogen) atoms. The Morgan fingerprint density at radius 2 is 2.06 bits per heavy atom. The van der Waals surface area contributed by atoms with Crippen molar-refractivity contribution in [2.75, 3.05) is 13.6 Å². The van der Waals surface area contributed by atoms with Crippen LogP contribution in [0.1, 0.15) is 30.7 Å². The standard InChI is InChI=1S/C14H20N4/c1-12(13-6-4-3-5-7-13)8-9-18(2)10-14-15-11-16-17-14/h3-7,11-12H,8-10H2,1-2H3,(H,15,16,17)/t12-/m1/s1. The first-order valence-corrected chi connectivity index (χ1v) is 6.33. The number of H-pyrrole nitrogens is 1. The third-order valence-corrected chi connectivity index (χ3v) is 3.20. The van der Waals surface area contributed by atoms with E-state index in [1.165, 1.54) is 5.56 Å². The van der Waals surface area contributed by atoms with Crippen LogP contribution in [0.5, 0.6) is 0 Å². The molecule has 0 aliphatic rings. The quantitative estimate of drug-likeness (QED) is 0.848. The molecule has 4 nitrogen and oxygen atoms in total. The molecule has 1 N–H and O–H groups in total. The van der Waals surface area contributed by atoms with Gasteiger partial charge in [-0.05, 0) is 31.5 Å². The van der Waals surface area contributed by atoms with E-state index in [0.29, 0.717) is 5.92 Å². The molecule has 0 aliphatic heterocycles. The van der Waals surface area contributed by atoms with Gasteiger partial charge >= 0.3 is 0 Å². The number of aromatic nitrogens is 3. The largest absolute Gasteiger partial charge is 0.299 e. The van der Waals surface area contributed by atoms with Gasteiger partial charge in [-0.15, -0.1) is 0 Å². The molecule has 1 aromatic heterocycles. The fourth-order valence-electron chi connectivity index (χ4n) is 2.00. The lowest BCUT2D eigenvalue weighted by Crippen LogP contribution is -2.21. The summed E-state index contributed by atoms with van der Waals surface area (Å²) >= 11 is 0. The molecule has 2 rings (SSSR count). The Kier molecular flexibility index (Phi) is 4.47. The van der Waals surface area contributed by atoms with Gasteiger partial charge < -0.3 is 0 Å². The van der Waals surface area contributed by atoms with Gasteiger partial charge in [0, 0.05) is 0 Å². The fourth-order valence-corrected chi connectivity index (χ4v) is 2.00. The minimum Gasteiger partial charge on any atom is -0.299 e. The fraction of sp³-hybridized carbons (Fsp3) is 0.429. The van der Waals surface area contributed by atoms with Crippen molar-refractivity contribution in [3.05, 3.63) is 48.0 Å². The molecule has 1 aromatic carbocycles. The van der Waals surface area contributed by atoms with Gasteiger partial charge in [-0.2, -0.15) is 5.10 Å². The summed E-state index contributed by atoms with van der Waals surface area (Å²) in [4.78, 5) is 6.40. The molecule has 0 unspecified atom stereocenters. The average Bonchev–Trinajstić information content (AvgIpc) is 2.90. The molecular weight excluding hydrogens is 224 g/mol. The lowest BCUT2D eigenvalue weighted by molar-refractivity contribution is 0.306. The normalized spacial score (nSPS) is 12.8. The molecule has 0 aliphatic carbocycles. The SMILES string of the molecule is C[C@H](CCN(C)Cc1ncn[nH]1)c1ccccc1. The van der Waals surface area contributed by atoms with Gasteiger partial charge in [-0.3, -0.25) is 10.00 Å². The van der Waals surface area contributed by atoms with E-state index >= 15 is 0 Å². The van der Waals surface area contributed by atoms with E-state index in [1.807, 2.05) is 0 Å². The third kappa shape index (κ3) is 3.67. The molecule has 0 fully saturated rings. The van der Waals surface area contributed by atoms with Gasteiger partial charge in [-0.1, -0.05) is 37.3 Å². The maximum Gasteiger partial charge on any atom is 0.138 e. The molecule has 96 valence electrons. The first-order chi connectivity index (χ1) is 8.75. The monoisotopic (exact) mass is 244 g/mol. The highest BCUT2D eigenvalue weighted by atomic mass is 15.2. The molecular formula is C14H20N4. The van der Waals surface area contributed by atoms with E-state index in [9.17, 15) is 0 Å². The maximum atomic E-state index is 4.13. The van der Waals surface area contributed by atoms with Crippen molar-refractivity contribution in [1.29, 1.82) is 0 Å². The van der Waals surface area contributed by atoms with Gasteiger partial charge in [0.25, 0.3) is 0 Å². The number of nitrogens with zero attached hydrogens (tertiary/aromatic N) is 3. The zero-order valence-electron chi connectivity index (χ0n) is 11.0. The van der Waals surface area contributed by atoms with E-state index in [4.69, 9.17) is 0 Å². The van der Waals surface area contributed by atoms with E-state index in [0.717, 1.165) is 25.3 Å². The van der Waals surface area contributed by atoms with Crippen molar-refractivity contribution >= 4 is 0 Å². The summed E-state index contributed by atoms with van der Waals surface area (Å²) in [6.45, 7) is 4.15. The minimum atomic E-state index is 0.586. The van der Waals surface area contributed by atoms with E-state index in [1.54, 1.807) is 6.33 Å². The molecule has 0 amide bonds. The zero-order valence-corrected chi connectivity index (χ0v) is 11.0. The second-order valence-corrected chi connectivity index (χ2v) is 4.77. The Hall–Kier alpha value is -1.68. The Morgan fingerprint density at radius 3 is 2.72 bits per heavy atom. The van der Waals surface area contributed by atoms with Crippen molar-refractivity contribution in [2.45, 2.75) is 25.8 Å². The summed E-state index contributed by atoms with van der Waals surface area (Å²) in [5.74, 6) is 1.51. The number of hydrogen-bond donors (Lipinski definition) is 1. The highest BCUT2D eigenvalue weighted by Gasteiger charge is 2.08. The van der Waals surface area contributed by atoms with Crippen LogP contribution in [-0.2, 0) is 6.54 Å². The summed E-state index contributed by atoms with van der Waals surface area (Å²) < 4.78 is 0. The Balaban J connectivity index is 1.77. The highest BCUT2D eigenvalue weighted by molar-refractivity contribution is 5.18. The molecule has 0 saturated carbocycles. The zero-order chi connectivity index (χ0) is 12.8. The van der Waals surface area contributed by atoms with Crippen molar-refractivity contribution in [3.63, 3.8) is 0 Å². The third-order valence-electron chi connectivity index (χ3n) is 3.20. The summed E-state index contributed by atoms with van der Waals surface area (Å²) in [5, 5.41) is 6.74. The Bertz CT molecular complexity index is 438. The smallest absolute Gasteiger partial charge is 0.138 e. The molecule has 1 atom stereocenters. The van der Waals surface area contributed by atoms with Gasteiger partial charge in [0.1, 0.15) is 12.2 Å². The van der Waals surface area contributed by atoms with Crippen LogP contribution in [0.3, 0.4) is 0 Å². The first-order valence-electron chi connectivity index (χ1n) is 6.33. The lowest BCUT2D eigenvalue weighted by atomic mass is 9.98. The van der Waals surface area contributed by atoms with E-state index in [2.05, 4.69) is 64.4 Å². The van der Waals surface area contributed by atoms with Crippen molar-refractivity contribution < 1.29 is 0 Å². The predicted molar refractivity (Wildman–Crippen MR) is 72.2 cm³/mol. The lowest BCUT2D eigenvalue weighted by Gasteiger charge is -2.18. The van der Waals surface area contributed by atoms with Gasteiger partial charge in [0.2, 0.25) is 0 Å². The highest BCUT2D eigenvalue weighted by Crippen LogP contribution is 2.18. The van der Waals surface area contributed by atoms with Crippen LogP contribution >= 0.6 is 0 Å². The number of nitrogens with one attached hydrogen (secondary N) is 1. The minimum absolute atomic E-state index is 0.586. The van der Waals surface area contributed by atoms with Crippen molar-refractivity contribution in [1.82, 2.24) is 20.1 Å². The molecule has 0 radical (unpaired) electrons. The van der Waals surface area contributed by atoms with Gasteiger partial charge in [-0.25, -0.2) is 4.98 Å². The molecule has 1 heterocycles. The molecule has 0 spiro atoms. The van der Waals surface area contributed by atoms with Crippen LogP contribution in [0.25, 0.3) is 0 Å². The summed E-state index contributed by atoms with van der Waals surface area (Å²) in [6.07, 6.45) is 2.70. The maximum absolute atomic E-state index is 4.13. The topological polar surface area (TPSA) is 44.8 Å². The Morgan fingerprint density at radius 1 is 1.28 bits per heavy atom. The van der Waals surface area contributed by atoms with Crippen LogP contribution < -0.4 is 0 Å². The van der Waals surface area contributed by atoms with Crippen LogP contribution in [0.4, 0.5) is 0 Å². The van der Waals surface area contributed by atoms with Gasteiger partial charge in [0.05, 0.1) is 6.54 Å². The number of aromatic amines is 1. The van der Waals surface area contributed by atoms with Crippen LogP contribution in [-0.4, -0.2) is 33.7 Å². The van der Waals surface area contributed by atoms with Crippen LogP contribution in [0, 0.1) is 0 Å². The second-order valence-electron chi connectivity index (χ2n) is 4.77. The van der Waals surface area contributed by atoms with Gasteiger partial charge in [0.15, 0.2) is 0 Å². The van der Waals surface area contributed by atoms with E-state index in [-0.39, 0.29) is 0 Å². The molecule has 0 bridgehead atoms. The molecule has 2 aromatic rings. The molecule has 0 saturated heterocycles. The van der Waals surface area contributed by atoms with E-state index < -0.39 is 0 Å². The second kappa shape index (κ2) is 6.31. The van der Waals surface area contributed by atoms with Crippen molar-refractivity contribution in [2.24, 2.45) is 0 Å². The predicted octanol–water partition coefficient (Wildman–Crippen LogP) is 2.43. The number of rotatable bonds is 6. The summed E-state index contributed by atoms with van der Waals surface area (Å²) in [5.41, 5.74) is 1.41. The Labute approximate surface area is 108 Å². The number of hydrogen-bond acceptors (Lipinski definition) is 3.